The number of thiol groups is 1. The van der Waals surface area contributed by atoms with Gasteiger partial charge in [0.1, 0.15) is 6.61 Å². The topological polar surface area (TPSA) is 421 Å². The number of nitrogens with two attached hydrogens (primary N) is 1. The number of hydrogen-bond donors (Lipinski definition) is 9. The molecular formula is C75H100Cl2N11O22PS. The summed E-state index contributed by atoms with van der Waals surface area (Å²) in [5, 5.41) is 9.01. The number of benzene rings is 3. The number of phosphoric acid groups is 1. The Kier molecular flexibility index (Phi) is 29.9. The molecule has 3 aliphatic heterocycles. The number of urea groups is 1. The van der Waals surface area contributed by atoms with E-state index in [0.29, 0.717) is 98.3 Å². The van der Waals surface area contributed by atoms with Crippen LogP contribution in [0.25, 0.3) is 21.8 Å². The Balaban J connectivity index is 0.627. The first-order valence-electron chi connectivity index (χ1n) is 37.3. The number of aryl methyl sites for hydroxylation is 2. The Morgan fingerprint density at radius 1 is 0.714 bits per heavy atom. The van der Waals surface area contributed by atoms with E-state index in [1.165, 1.54) is 30.0 Å². The lowest BCUT2D eigenvalue weighted by Gasteiger charge is -2.69. The van der Waals surface area contributed by atoms with Gasteiger partial charge in [0.05, 0.1) is 130 Å². The Bertz CT molecular complexity index is 4290. The lowest BCUT2D eigenvalue weighted by molar-refractivity contribution is -0.205. The summed E-state index contributed by atoms with van der Waals surface area (Å²) >= 11 is 17.3. The van der Waals surface area contributed by atoms with Crippen LogP contribution in [-0.2, 0) is 77.9 Å². The highest BCUT2D eigenvalue weighted by Crippen LogP contribution is 2.75. The van der Waals surface area contributed by atoms with Gasteiger partial charge in [-0.15, -0.1) is 23.2 Å². The Morgan fingerprint density at radius 3 is 1.69 bits per heavy atom. The van der Waals surface area contributed by atoms with E-state index in [9.17, 15) is 62.3 Å². The van der Waals surface area contributed by atoms with E-state index >= 15 is 0 Å². The molecule has 2 aromatic heterocycles. The number of carbonyl (C=O) groups is 10. The van der Waals surface area contributed by atoms with E-state index in [2.05, 4.69) is 38.5 Å². The smallest absolute Gasteiger partial charge is 0.445 e. The van der Waals surface area contributed by atoms with Gasteiger partial charge in [0, 0.05) is 137 Å². The largest absolute Gasteiger partial charge is 0.524 e. The Morgan fingerprint density at radius 2 is 1.21 bits per heavy atom. The molecule has 5 aromatic rings. The molecule has 1 unspecified atom stereocenters. The lowest BCUT2D eigenvalue weighted by atomic mass is 9.34. The van der Waals surface area contributed by atoms with Crippen molar-refractivity contribution >= 4 is 142 Å². The summed E-state index contributed by atoms with van der Waals surface area (Å²) < 4.78 is 62.0. The molecule has 112 heavy (non-hydrogen) atoms. The molecule has 4 fully saturated rings. The molecule has 0 radical (unpaired) electrons. The fraction of sp³-hybridized carbons (Fsp3) is 0.573. The maximum absolute atomic E-state index is 15.0. The summed E-state index contributed by atoms with van der Waals surface area (Å²) in [7, 11) is -1.97. The number of primary amides is 1. The van der Waals surface area contributed by atoms with Crippen LogP contribution in [0.15, 0.2) is 48.8 Å². The maximum Gasteiger partial charge on any atom is 0.524 e. The number of nitrogens with zero attached hydrogens (tertiary/aromatic N) is 5. The van der Waals surface area contributed by atoms with Crippen LogP contribution in [0.5, 0.6) is 11.5 Å². The van der Waals surface area contributed by atoms with Gasteiger partial charge in [-0.05, 0) is 91.8 Å². The molecule has 3 aromatic carbocycles. The molecule has 11 rings (SSSR count). The molecular weight excluding hydrogens is 1540 g/mol. The number of aromatic nitrogens is 2. The minimum atomic E-state index is -5.00. The number of imide groups is 1. The predicted octanol–water partition coefficient (Wildman–Crippen LogP) is 7.30. The number of halogens is 2. The van der Waals surface area contributed by atoms with Crippen LogP contribution < -0.4 is 40.7 Å². The molecule has 9 N–H and O–H groups in total. The standard InChI is InChI=1S/C75H100Cl2N11O22PS/c1-44(2)64(83-58(90)13-18-102-20-22-104-24-26-106-28-29-107-27-25-105-23-21-103-19-17-86-59(91)33-57(112)68(86)93)54(89)30-48(8-7-14-79-71(78)96)67(92)82-51-11-9-47(10-12-51)40-108-72(97)84(5)15-16-85(6)73(98)109-55-31-52-62(60-45(3)36-80-65(55)60)49(34-76)38-87(52)69(94)74-41-75(42-74,43-74)70(95)88-39-50(35-77)63-53(88)32-56(110-111(99,100)101)66-61(63)46(4)37-81-66/h9-12,31-32,36-37,44,48-50,57,64,80-81,112H,7-8,13-30,33-35,38-43H2,1-6H3,(H,82,92)(H,83,90)(H3,78,79,96)(H2,99,100,101)/t48-,49-,50-,57?,64+,74?,75?/m1/s1. The van der Waals surface area contributed by atoms with Gasteiger partial charge >= 0.3 is 26.0 Å². The molecule has 3 saturated carbocycles. The molecule has 612 valence electrons. The summed E-state index contributed by atoms with van der Waals surface area (Å²) in [6, 6.07) is 8.02. The first-order valence-corrected chi connectivity index (χ1v) is 40.4. The van der Waals surface area contributed by atoms with E-state index in [0.717, 1.165) is 32.5 Å². The van der Waals surface area contributed by atoms with Crippen molar-refractivity contribution in [1.82, 2.24) is 35.3 Å². The monoisotopic (exact) mass is 1640 g/mol. The normalized spacial score (nSPS) is 19.5. The number of hydrogen-bond acceptors (Lipinski definition) is 21. The number of likely N-dealkylation sites (tertiary alicyclic amines) is 1. The number of fused-ring (bicyclic) bond motifs is 6. The van der Waals surface area contributed by atoms with Crippen LogP contribution in [0, 0.1) is 36.5 Å². The zero-order valence-electron chi connectivity index (χ0n) is 63.6. The van der Waals surface area contributed by atoms with Crippen molar-refractivity contribution < 1.29 is 105 Å². The van der Waals surface area contributed by atoms with Crippen LogP contribution >= 0.6 is 43.7 Å². The zero-order chi connectivity index (χ0) is 80.8. The zero-order valence-corrected chi connectivity index (χ0v) is 66.9. The molecule has 37 heteroatoms. The van der Waals surface area contributed by atoms with E-state index < -0.39 is 65.9 Å². The number of aromatic amines is 2. The first kappa shape index (κ1) is 86.3. The number of anilines is 3. The number of alkyl halides is 2. The number of carbonyl (C=O) groups excluding carboxylic acids is 10. The second-order valence-corrected chi connectivity index (χ2v) is 31.7. The molecule has 3 aliphatic carbocycles. The van der Waals surface area contributed by atoms with Crippen LogP contribution in [0.4, 0.5) is 31.4 Å². The number of H-pyrrole nitrogens is 2. The maximum atomic E-state index is 15.0. The van der Waals surface area contributed by atoms with Gasteiger partial charge in [-0.3, -0.25) is 48.2 Å². The summed E-state index contributed by atoms with van der Waals surface area (Å²) in [4.78, 5) is 166. The van der Waals surface area contributed by atoms with Crippen LogP contribution in [-0.4, -0.2) is 250 Å². The van der Waals surface area contributed by atoms with Gasteiger partial charge in [-0.1, -0.05) is 26.0 Å². The van der Waals surface area contributed by atoms with Gasteiger partial charge in [0.25, 0.3) is 0 Å². The van der Waals surface area contributed by atoms with Crippen LogP contribution in [0.3, 0.4) is 0 Å². The highest BCUT2D eigenvalue weighted by molar-refractivity contribution is 7.81. The Hall–Kier alpha value is -8.12. The van der Waals surface area contributed by atoms with Crippen molar-refractivity contribution in [2.75, 3.05) is 160 Å². The SMILES string of the molecule is Cc1c[nH]c2c(OC(=O)N(C)CCN(C)C(=O)OCc3ccc(NC(=O)[C@H](CCCNC(N)=O)CC(=O)[C@@H](NC(=O)CCOCCOCCOCCOCCOCCOCCN4C(=O)CC(S)C4=O)C(C)C)cc3)cc3c(c12)[C@H](CCl)CN3C(=O)C12CC(C(=O)N3C[C@@H](CCl)c4c3cc(OP(=O)(O)O)c3[nH]cc(C)c43)(C1)C2. The second kappa shape index (κ2) is 38.8. The third-order valence-electron chi connectivity index (χ3n) is 20.9. The summed E-state index contributed by atoms with van der Waals surface area (Å²) in [6.07, 6.45) is 3.23. The molecule has 0 spiro atoms. The van der Waals surface area contributed by atoms with Crippen molar-refractivity contribution in [3.05, 3.63) is 76.6 Å². The van der Waals surface area contributed by atoms with Crippen molar-refractivity contribution in [2.45, 2.75) is 109 Å². The van der Waals surface area contributed by atoms with E-state index in [1.807, 2.05) is 13.8 Å². The summed E-state index contributed by atoms with van der Waals surface area (Å²) in [6.45, 7) is 11.5. The summed E-state index contributed by atoms with van der Waals surface area (Å²) in [5.74, 6) is -3.52. The molecule has 5 atom stereocenters. The molecule has 33 nitrogen and oxygen atoms in total. The number of phosphoric ester groups is 1. The van der Waals surface area contributed by atoms with Gasteiger partial charge in [-0.25, -0.2) is 18.9 Å². The number of Topliss-reactive ketones (excluding diaryl/α,β-unsaturated/α-hetero) is 1. The van der Waals surface area contributed by atoms with Crippen LogP contribution in [0.2, 0.25) is 0 Å². The fourth-order valence-corrected chi connectivity index (χ4v) is 16.3. The van der Waals surface area contributed by atoms with Gasteiger partial charge in [0.15, 0.2) is 17.3 Å². The molecule has 2 bridgehead atoms. The minimum Gasteiger partial charge on any atom is -0.445 e. The lowest BCUT2D eigenvalue weighted by Crippen LogP contribution is -2.73. The van der Waals surface area contributed by atoms with Crippen molar-refractivity contribution in [2.24, 2.45) is 28.4 Å². The summed E-state index contributed by atoms with van der Waals surface area (Å²) in [5.41, 5.74) is 9.65. The van der Waals surface area contributed by atoms with Crippen LogP contribution in [0.1, 0.15) is 105 Å². The molecule has 6 aliphatic rings. The molecule has 5 heterocycles. The fourth-order valence-electron chi connectivity index (χ4n) is 15.1. The number of rotatable bonds is 44. The Labute approximate surface area is 663 Å². The van der Waals surface area contributed by atoms with Crippen molar-refractivity contribution in [1.29, 1.82) is 0 Å². The minimum absolute atomic E-state index is 0.0249. The molecule has 1 saturated heterocycles. The first-order chi connectivity index (χ1) is 53.5. The average molecular weight is 1640 g/mol. The van der Waals surface area contributed by atoms with E-state index in [4.69, 9.17) is 71.4 Å². The third kappa shape index (κ3) is 20.9. The van der Waals surface area contributed by atoms with Gasteiger partial charge < -0.3 is 93.7 Å². The number of ketones is 1. The van der Waals surface area contributed by atoms with Gasteiger partial charge in [0.2, 0.25) is 35.4 Å². The number of amides is 10. The molecule has 10 amide bonds. The number of nitrogens with one attached hydrogen (secondary N) is 5. The highest BCUT2D eigenvalue weighted by atomic mass is 35.5. The quantitative estimate of drug-likeness (QED) is 0.00607. The van der Waals surface area contributed by atoms with E-state index in [-0.39, 0.29) is 188 Å². The second-order valence-electron chi connectivity index (χ2n) is 29.3. The van der Waals surface area contributed by atoms with E-state index in [1.54, 1.807) is 66.4 Å². The number of likely N-dealkylation sites (N-methyl/N-ethyl adjacent to an activating group) is 2. The van der Waals surface area contributed by atoms with Crippen molar-refractivity contribution in [3.63, 3.8) is 0 Å². The average Bonchev–Trinajstić information content (AvgIpc) is 0.668. The highest BCUT2D eigenvalue weighted by Gasteiger charge is 2.76. The van der Waals surface area contributed by atoms with Crippen molar-refractivity contribution in [3.8, 4) is 11.5 Å². The number of ether oxygens (including phenoxy) is 8. The van der Waals surface area contributed by atoms with Gasteiger partial charge in [-0.2, -0.15) is 12.6 Å². The predicted molar refractivity (Wildman–Crippen MR) is 416 cm³/mol. The third-order valence-corrected chi connectivity index (χ3v) is 22.4.